The van der Waals surface area contributed by atoms with Crippen molar-refractivity contribution < 1.29 is 4.79 Å². The smallest absolute Gasteiger partial charge is 0.317 e. The Labute approximate surface area is 150 Å². The summed E-state index contributed by atoms with van der Waals surface area (Å²) in [6, 6.07) is 0.794. The number of amides is 2. The first-order valence-corrected chi connectivity index (χ1v) is 10.0. The lowest BCUT2D eigenvalue weighted by molar-refractivity contribution is 0.162. The Morgan fingerprint density at radius 3 is 2.76 bits per heavy atom. The fraction of sp³-hybridized carbons (Fsp3) is 0.789. The maximum absolute atomic E-state index is 13.0. The predicted molar refractivity (Wildman–Crippen MR) is 97.4 cm³/mol. The predicted octanol–water partition coefficient (Wildman–Crippen LogP) is 2.46. The standard InChI is InChI=1S/C19H31N5O/c1-22-18-9-6-8-17(16(18)13-20-22)21-19(25)24-12-3-2-7-15(14-24)23-10-4-5-11-23/h13,15,17H,2-12,14H2,1H3,(H,21,25). The van der Waals surface area contributed by atoms with Crippen LogP contribution in [0.4, 0.5) is 4.79 Å². The number of nitrogens with one attached hydrogen (secondary N) is 1. The van der Waals surface area contributed by atoms with Crippen LogP contribution in [0.2, 0.25) is 0 Å². The number of rotatable bonds is 2. The van der Waals surface area contributed by atoms with Crippen LogP contribution in [0.1, 0.15) is 62.2 Å². The lowest BCUT2D eigenvalue weighted by Crippen LogP contribution is -2.48. The molecule has 2 amide bonds. The van der Waals surface area contributed by atoms with Crippen molar-refractivity contribution in [3.63, 3.8) is 0 Å². The summed E-state index contributed by atoms with van der Waals surface area (Å²) in [5.41, 5.74) is 2.50. The average molecular weight is 345 g/mol. The molecule has 2 atom stereocenters. The third-order valence-corrected chi connectivity index (χ3v) is 6.26. The number of hydrogen-bond acceptors (Lipinski definition) is 3. The van der Waals surface area contributed by atoms with Gasteiger partial charge in [0, 0.05) is 37.4 Å². The normalized spacial score (nSPS) is 27.8. The Bertz CT molecular complexity index is 607. The van der Waals surface area contributed by atoms with Gasteiger partial charge in [0.15, 0.2) is 0 Å². The molecule has 0 aromatic carbocycles. The molecular formula is C19H31N5O. The summed E-state index contributed by atoms with van der Waals surface area (Å²) in [7, 11) is 2.00. The highest BCUT2D eigenvalue weighted by molar-refractivity contribution is 5.75. The molecule has 3 heterocycles. The molecule has 3 aliphatic rings. The van der Waals surface area contributed by atoms with Gasteiger partial charge < -0.3 is 10.2 Å². The molecule has 2 aliphatic heterocycles. The average Bonchev–Trinajstić information content (AvgIpc) is 3.21. The van der Waals surface area contributed by atoms with E-state index < -0.39 is 0 Å². The van der Waals surface area contributed by atoms with Crippen molar-refractivity contribution in [3.05, 3.63) is 17.5 Å². The van der Waals surface area contributed by atoms with E-state index in [2.05, 4.69) is 20.2 Å². The summed E-state index contributed by atoms with van der Waals surface area (Å²) in [5.74, 6) is 0. The maximum atomic E-state index is 13.0. The third-order valence-electron chi connectivity index (χ3n) is 6.26. The highest BCUT2D eigenvalue weighted by Gasteiger charge is 2.30. The van der Waals surface area contributed by atoms with Crippen LogP contribution in [0, 0.1) is 0 Å². The Morgan fingerprint density at radius 1 is 1.12 bits per heavy atom. The molecule has 1 aromatic rings. The summed E-state index contributed by atoms with van der Waals surface area (Å²) in [5, 5.41) is 7.70. The molecular weight excluding hydrogens is 314 g/mol. The van der Waals surface area contributed by atoms with Crippen LogP contribution in [-0.4, -0.2) is 57.8 Å². The summed E-state index contributed by atoms with van der Waals surface area (Å²) < 4.78 is 1.96. The van der Waals surface area contributed by atoms with E-state index in [9.17, 15) is 4.79 Å². The van der Waals surface area contributed by atoms with Crippen molar-refractivity contribution in [3.8, 4) is 0 Å². The van der Waals surface area contributed by atoms with Gasteiger partial charge in [-0.25, -0.2) is 4.79 Å². The molecule has 0 spiro atoms. The number of fused-ring (bicyclic) bond motifs is 1. The second-order valence-electron chi connectivity index (χ2n) is 7.90. The molecule has 6 heteroatoms. The van der Waals surface area contributed by atoms with Gasteiger partial charge in [-0.15, -0.1) is 0 Å². The van der Waals surface area contributed by atoms with E-state index in [0.29, 0.717) is 6.04 Å². The quantitative estimate of drug-likeness (QED) is 0.896. The second-order valence-corrected chi connectivity index (χ2v) is 7.90. The zero-order chi connectivity index (χ0) is 17.2. The molecule has 138 valence electrons. The van der Waals surface area contributed by atoms with Crippen LogP contribution >= 0.6 is 0 Å². The lowest BCUT2D eigenvalue weighted by atomic mass is 9.93. The number of hydrogen-bond donors (Lipinski definition) is 1. The number of urea groups is 1. The van der Waals surface area contributed by atoms with E-state index in [4.69, 9.17) is 0 Å². The zero-order valence-corrected chi connectivity index (χ0v) is 15.4. The van der Waals surface area contributed by atoms with E-state index in [1.807, 2.05) is 17.9 Å². The number of carbonyl (C=O) groups is 1. The first kappa shape index (κ1) is 16.9. The summed E-state index contributed by atoms with van der Waals surface area (Å²) in [6.07, 6.45) is 11.4. The summed E-state index contributed by atoms with van der Waals surface area (Å²) >= 11 is 0. The topological polar surface area (TPSA) is 53.4 Å². The van der Waals surface area contributed by atoms with Crippen molar-refractivity contribution in [2.24, 2.45) is 7.05 Å². The Kier molecular flexibility index (Phi) is 4.97. The third kappa shape index (κ3) is 3.54. The number of nitrogens with zero attached hydrogens (tertiary/aromatic N) is 4. The van der Waals surface area contributed by atoms with Gasteiger partial charge in [0.2, 0.25) is 0 Å². The Morgan fingerprint density at radius 2 is 1.92 bits per heavy atom. The van der Waals surface area contributed by atoms with Crippen molar-refractivity contribution in [1.82, 2.24) is 24.9 Å². The highest BCUT2D eigenvalue weighted by atomic mass is 16.2. The first-order valence-electron chi connectivity index (χ1n) is 10.0. The monoisotopic (exact) mass is 345 g/mol. The van der Waals surface area contributed by atoms with Gasteiger partial charge in [-0.1, -0.05) is 6.42 Å². The minimum Gasteiger partial charge on any atom is -0.331 e. The molecule has 0 saturated carbocycles. The molecule has 4 rings (SSSR count). The number of aromatic nitrogens is 2. The van der Waals surface area contributed by atoms with Crippen LogP contribution in [0.5, 0.6) is 0 Å². The molecule has 0 bridgehead atoms. The van der Waals surface area contributed by atoms with Crippen LogP contribution in [0.15, 0.2) is 6.20 Å². The van der Waals surface area contributed by atoms with Gasteiger partial charge in [0.25, 0.3) is 0 Å². The highest BCUT2D eigenvalue weighted by Crippen LogP contribution is 2.29. The number of carbonyl (C=O) groups excluding carboxylic acids is 1. The van der Waals surface area contributed by atoms with E-state index >= 15 is 0 Å². The SMILES string of the molecule is Cn1ncc2c1CCCC2NC(=O)N1CCCCC(N2CCCC2)C1. The van der Waals surface area contributed by atoms with Gasteiger partial charge in [-0.05, 0) is 58.0 Å². The van der Waals surface area contributed by atoms with E-state index in [-0.39, 0.29) is 12.1 Å². The Balaban J connectivity index is 1.41. The van der Waals surface area contributed by atoms with Crippen molar-refractivity contribution in [2.75, 3.05) is 26.2 Å². The summed E-state index contributed by atoms with van der Waals surface area (Å²) in [4.78, 5) is 17.6. The molecule has 0 radical (unpaired) electrons. The van der Waals surface area contributed by atoms with Crippen molar-refractivity contribution in [1.29, 1.82) is 0 Å². The van der Waals surface area contributed by atoms with Gasteiger partial charge in [-0.2, -0.15) is 5.10 Å². The van der Waals surface area contributed by atoms with Crippen molar-refractivity contribution in [2.45, 2.75) is 63.5 Å². The van der Waals surface area contributed by atoms with E-state index in [0.717, 1.165) is 38.8 Å². The second kappa shape index (κ2) is 7.36. The minimum atomic E-state index is 0.118. The summed E-state index contributed by atoms with van der Waals surface area (Å²) in [6.45, 7) is 4.20. The molecule has 1 aromatic heterocycles. The number of aryl methyl sites for hydroxylation is 1. The first-order chi connectivity index (χ1) is 12.2. The number of likely N-dealkylation sites (tertiary alicyclic amines) is 2. The molecule has 1 aliphatic carbocycles. The fourth-order valence-electron chi connectivity index (χ4n) is 4.81. The van der Waals surface area contributed by atoms with Gasteiger partial charge in [-0.3, -0.25) is 9.58 Å². The van der Waals surface area contributed by atoms with E-state index in [1.165, 1.54) is 50.0 Å². The van der Waals surface area contributed by atoms with Crippen molar-refractivity contribution >= 4 is 6.03 Å². The Hall–Kier alpha value is -1.56. The van der Waals surface area contributed by atoms with Crippen LogP contribution < -0.4 is 5.32 Å². The largest absolute Gasteiger partial charge is 0.331 e. The van der Waals surface area contributed by atoms with Crippen LogP contribution in [-0.2, 0) is 13.5 Å². The van der Waals surface area contributed by atoms with Gasteiger partial charge in [0.05, 0.1) is 12.2 Å². The van der Waals surface area contributed by atoms with Crippen LogP contribution in [0.3, 0.4) is 0 Å². The minimum absolute atomic E-state index is 0.118. The lowest BCUT2D eigenvalue weighted by Gasteiger charge is -2.32. The van der Waals surface area contributed by atoms with Crippen LogP contribution in [0.25, 0.3) is 0 Å². The maximum Gasteiger partial charge on any atom is 0.317 e. The molecule has 6 nitrogen and oxygen atoms in total. The molecule has 2 fully saturated rings. The van der Waals surface area contributed by atoms with Gasteiger partial charge >= 0.3 is 6.03 Å². The molecule has 1 N–H and O–H groups in total. The fourth-order valence-corrected chi connectivity index (χ4v) is 4.81. The molecule has 2 unspecified atom stereocenters. The van der Waals surface area contributed by atoms with E-state index in [1.54, 1.807) is 0 Å². The zero-order valence-electron chi connectivity index (χ0n) is 15.4. The molecule has 25 heavy (non-hydrogen) atoms. The molecule has 2 saturated heterocycles. The van der Waals surface area contributed by atoms with Gasteiger partial charge in [0.1, 0.15) is 0 Å².